The molecule has 0 radical (unpaired) electrons. The fourth-order valence-corrected chi connectivity index (χ4v) is 5.84. The van der Waals surface area contributed by atoms with Crippen LogP contribution in [-0.2, 0) is 10.2 Å². The topological polar surface area (TPSA) is 84.1 Å². The lowest BCUT2D eigenvalue weighted by Gasteiger charge is -2.56. The van der Waals surface area contributed by atoms with E-state index in [0.717, 1.165) is 49.3 Å². The number of carbonyl (C=O) groups is 1. The van der Waals surface area contributed by atoms with E-state index in [1.54, 1.807) is 0 Å². The lowest BCUT2D eigenvalue weighted by Crippen LogP contribution is -2.50. The van der Waals surface area contributed by atoms with Gasteiger partial charge in [0.2, 0.25) is 0 Å². The minimum Gasteiger partial charge on any atom is -0.382 e. The first-order valence-electron chi connectivity index (χ1n) is 10.1. The van der Waals surface area contributed by atoms with Crippen LogP contribution in [-0.4, -0.2) is 35.6 Å². The second-order valence-electron chi connectivity index (χ2n) is 8.48. The second kappa shape index (κ2) is 7.14. The molecule has 1 heterocycles. The molecular weight excluding hydrogens is 330 g/mol. The van der Waals surface area contributed by atoms with Crippen molar-refractivity contribution in [3.05, 3.63) is 27.9 Å². The molecule has 5 rings (SSSR count). The zero-order valence-corrected chi connectivity index (χ0v) is 15.6. The minimum atomic E-state index is -0.354. The van der Waals surface area contributed by atoms with Crippen molar-refractivity contribution in [1.29, 1.82) is 0 Å². The largest absolute Gasteiger partial charge is 0.382 e. The molecule has 0 saturated heterocycles. The van der Waals surface area contributed by atoms with Gasteiger partial charge in [0.1, 0.15) is 11.4 Å². The van der Waals surface area contributed by atoms with Crippen LogP contribution >= 0.6 is 0 Å². The van der Waals surface area contributed by atoms with Gasteiger partial charge in [-0.25, -0.2) is 4.98 Å². The normalized spacial score (nSPS) is 32.0. The molecule has 6 heteroatoms. The van der Waals surface area contributed by atoms with Gasteiger partial charge in [0.25, 0.3) is 11.5 Å². The highest BCUT2D eigenvalue weighted by Crippen LogP contribution is 2.59. The monoisotopic (exact) mass is 359 g/mol. The van der Waals surface area contributed by atoms with Gasteiger partial charge in [-0.1, -0.05) is 0 Å². The summed E-state index contributed by atoms with van der Waals surface area (Å²) in [7, 11) is 0. The van der Waals surface area contributed by atoms with Gasteiger partial charge in [-0.15, -0.1) is 0 Å². The molecule has 0 spiro atoms. The van der Waals surface area contributed by atoms with Gasteiger partial charge >= 0.3 is 0 Å². The van der Waals surface area contributed by atoms with Gasteiger partial charge in [-0.3, -0.25) is 9.59 Å². The zero-order valence-electron chi connectivity index (χ0n) is 15.6. The average Bonchev–Trinajstić information content (AvgIpc) is 2.60. The summed E-state index contributed by atoms with van der Waals surface area (Å²) in [4.78, 5) is 32.3. The Morgan fingerprint density at radius 3 is 2.50 bits per heavy atom. The summed E-state index contributed by atoms with van der Waals surface area (Å²) in [6.45, 7) is 3.71. The van der Waals surface area contributed by atoms with Crippen molar-refractivity contribution < 1.29 is 9.53 Å². The SMILES string of the molecule is CCOCCCNC(=O)c1cnc(C23CC4CC(CC(C4)C2)C3)[nH]c1=O. The second-order valence-corrected chi connectivity index (χ2v) is 8.48. The number of rotatable bonds is 7. The van der Waals surface area contributed by atoms with Crippen LogP contribution in [0.2, 0.25) is 0 Å². The summed E-state index contributed by atoms with van der Waals surface area (Å²) in [5, 5.41) is 2.77. The van der Waals surface area contributed by atoms with Gasteiger partial charge in [-0.2, -0.15) is 0 Å². The maximum Gasteiger partial charge on any atom is 0.263 e. The molecule has 6 nitrogen and oxygen atoms in total. The summed E-state index contributed by atoms with van der Waals surface area (Å²) < 4.78 is 5.25. The van der Waals surface area contributed by atoms with Crippen LogP contribution < -0.4 is 10.9 Å². The number of hydrogen-bond donors (Lipinski definition) is 2. The first kappa shape index (κ1) is 17.7. The van der Waals surface area contributed by atoms with Gasteiger partial charge in [0, 0.05) is 31.4 Å². The van der Waals surface area contributed by atoms with E-state index in [1.807, 2.05) is 6.92 Å². The quantitative estimate of drug-likeness (QED) is 0.732. The molecular formula is C20H29N3O3. The summed E-state index contributed by atoms with van der Waals surface area (Å²) >= 11 is 0. The molecule has 1 aromatic heterocycles. The lowest BCUT2D eigenvalue weighted by atomic mass is 9.49. The zero-order chi connectivity index (χ0) is 18.1. The third-order valence-corrected chi connectivity index (χ3v) is 6.54. The van der Waals surface area contributed by atoms with Crippen molar-refractivity contribution in [2.24, 2.45) is 17.8 Å². The third kappa shape index (κ3) is 3.31. The summed E-state index contributed by atoms with van der Waals surface area (Å²) in [6.07, 6.45) is 9.70. The Morgan fingerprint density at radius 2 is 1.92 bits per heavy atom. The van der Waals surface area contributed by atoms with Crippen LogP contribution in [0, 0.1) is 17.8 Å². The van der Waals surface area contributed by atoms with Gasteiger partial charge < -0.3 is 15.0 Å². The van der Waals surface area contributed by atoms with Crippen LogP contribution in [0.25, 0.3) is 0 Å². The number of nitrogens with zero attached hydrogens (tertiary/aromatic N) is 1. The highest BCUT2D eigenvalue weighted by atomic mass is 16.5. The van der Waals surface area contributed by atoms with Crippen molar-refractivity contribution in [3.8, 4) is 0 Å². The van der Waals surface area contributed by atoms with Crippen molar-refractivity contribution in [1.82, 2.24) is 15.3 Å². The molecule has 142 valence electrons. The number of carbonyl (C=O) groups excluding carboxylic acids is 1. The average molecular weight is 359 g/mol. The highest BCUT2D eigenvalue weighted by Gasteiger charge is 2.52. The molecule has 0 aliphatic heterocycles. The van der Waals surface area contributed by atoms with Crippen LogP contribution in [0.5, 0.6) is 0 Å². The molecule has 4 saturated carbocycles. The van der Waals surface area contributed by atoms with E-state index in [2.05, 4.69) is 15.3 Å². The Balaban J connectivity index is 1.45. The van der Waals surface area contributed by atoms with Gasteiger partial charge in [0.15, 0.2) is 0 Å². The van der Waals surface area contributed by atoms with E-state index in [-0.39, 0.29) is 22.4 Å². The lowest BCUT2D eigenvalue weighted by molar-refractivity contribution is -0.00953. The van der Waals surface area contributed by atoms with E-state index in [1.165, 1.54) is 25.5 Å². The van der Waals surface area contributed by atoms with Crippen LogP contribution in [0.1, 0.15) is 68.1 Å². The number of nitrogens with one attached hydrogen (secondary N) is 2. The van der Waals surface area contributed by atoms with Crippen molar-refractivity contribution >= 4 is 5.91 Å². The van der Waals surface area contributed by atoms with Crippen LogP contribution in [0.4, 0.5) is 0 Å². The molecule has 1 amide bonds. The first-order valence-corrected chi connectivity index (χ1v) is 10.1. The fourth-order valence-electron chi connectivity index (χ4n) is 5.84. The Hall–Kier alpha value is -1.69. The number of H-pyrrole nitrogens is 1. The Bertz CT molecular complexity index is 692. The van der Waals surface area contributed by atoms with Crippen molar-refractivity contribution in [2.75, 3.05) is 19.8 Å². The number of aromatic nitrogens is 2. The minimum absolute atomic E-state index is 0.0421. The summed E-state index contributed by atoms with van der Waals surface area (Å²) in [6, 6.07) is 0. The van der Waals surface area contributed by atoms with Gasteiger partial charge in [0.05, 0.1) is 0 Å². The smallest absolute Gasteiger partial charge is 0.263 e. The van der Waals surface area contributed by atoms with E-state index < -0.39 is 0 Å². The molecule has 0 atom stereocenters. The molecule has 4 bridgehead atoms. The molecule has 26 heavy (non-hydrogen) atoms. The molecule has 1 aromatic rings. The van der Waals surface area contributed by atoms with E-state index in [4.69, 9.17) is 4.74 Å². The van der Waals surface area contributed by atoms with Crippen molar-refractivity contribution in [3.63, 3.8) is 0 Å². The molecule has 4 aliphatic rings. The predicted molar refractivity (Wildman–Crippen MR) is 98.2 cm³/mol. The molecule has 4 aliphatic carbocycles. The van der Waals surface area contributed by atoms with Crippen LogP contribution in [0.15, 0.2) is 11.0 Å². The van der Waals surface area contributed by atoms with Crippen molar-refractivity contribution in [2.45, 2.75) is 57.3 Å². The number of hydrogen-bond acceptors (Lipinski definition) is 4. The third-order valence-electron chi connectivity index (χ3n) is 6.54. The Kier molecular flexibility index (Phi) is 4.86. The number of amides is 1. The molecule has 2 N–H and O–H groups in total. The first-order chi connectivity index (χ1) is 12.6. The summed E-state index contributed by atoms with van der Waals surface area (Å²) in [5.74, 6) is 2.83. The standard InChI is InChI=1S/C20H29N3O3/c1-2-26-5-3-4-21-17(24)16-12-22-19(23-18(16)25)20-9-13-6-14(10-20)8-15(7-13)11-20/h12-15H,2-11H2,1H3,(H,21,24)(H,22,23,25). The fraction of sp³-hybridized carbons (Fsp3) is 0.750. The Morgan fingerprint density at radius 1 is 1.27 bits per heavy atom. The Labute approximate surface area is 154 Å². The van der Waals surface area contributed by atoms with Crippen LogP contribution in [0.3, 0.4) is 0 Å². The van der Waals surface area contributed by atoms with E-state index in [0.29, 0.717) is 19.8 Å². The summed E-state index contributed by atoms with van der Waals surface area (Å²) in [5.41, 5.74) is -0.164. The maximum absolute atomic E-state index is 12.5. The predicted octanol–water partition coefficient (Wildman–Crippen LogP) is 2.39. The molecule has 0 unspecified atom stereocenters. The van der Waals surface area contributed by atoms with E-state index in [9.17, 15) is 9.59 Å². The molecule has 4 fully saturated rings. The number of ether oxygens (including phenoxy) is 1. The maximum atomic E-state index is 12.5. The van der Waals surface area contributed by atoms with E-state index >= 15 is 0 Å². The number of aromatic amines is 1. The molecule has 0 aromatic carbocycles. The highest BCUT2D eigenvalue weighted by molar-refractivity contribution is 5.93. The van der Waals surface area contributed by atoms with Gasteiger partial charge in [-0.05, 0) is 69.6 Å².